The molecule has 1 aliphatic carbocycles. The van der Waals surface area contributed by atoms with Gasteiger partial charge in [-0.05, 0) is 36.6 Å². The van der Waals surface area contributed by atoms with Crippen molar-refractivity contribution in [2.45, 2.75) is 18.3 Å². The van der Waals surface area contributed by atoms with Gasteiger partial charge in [-0.3, -0.25) is 0 Å². The maximum Gasteiger partial charge on any atom is 0.335 e. The van der Waals surface area contributed by atoms with Crippen LogP contribution in [0.4, 0.5) is 5.69 Å². The number of anilines is 1. The first kappa shape index (κ1) is 10.3. The minimum Gasteiger partial charge on any atom is -0.478 e. The van der Waals surface area contributed by atoms with Crippen LogP contribution in [0.15, 0.2) is 18.2 Å². The Labute approximate surface area is 93.9 Å². The minimum atomic E-state index is -0.838. The van der Waals surface area contributed by atoms with E-state index in [1.807, 2.05) is 12.1 Å². The van der Waals surface area contributed by atoms with Gasteiger partial charge in [-0.15, -0.1) is 12.4 Å². The zero-order valence-corrected chi connectivity index (χ0v) is 8.93. The predicted molar refractivity (Wildman–Crippen MR) is 60.1 cm³/mol. The van der Waals surface area contributed by atoms with Crippen LogP contribution in [0.2, 0.25) is 0 Å². The Morgan fingerprint density at radius 1 is 1.40 bits per heavy atom. The number of carbonyl (C=O) groups is 1. The summed E-state index contributed by atoms with van der Waals surface area (Å²) >= 11 is 0. The van der Waals surface area contributed by atoms with Crippen molar-refractivity contribution in [3.05, 3.63) is 29.3 Å². The average molecular weight is 226 g/mol. The Kier molecular flexibility index (Phi) is 2.15. The number of aromatic carboxylic acids is 1. The van der Waals surface area contributed by atoms with E-state index in [9.17, 15) is 4.79 Å². The largest absolute Gasteiger partial charge is 0.478 e. The van der Waals surface area contributed by atoms with Gasteiger partial charge in [0.15, 0.2) is 0 Å². The van der Waals surface area contributed by atoms with Crippen molar-refractivity contribution in [1.82, 2.24) is 0 Å². The summed E-state index contributed by atoms with van der Waals surface area (Å²) in [4.78, 5) is 10.8. The number of hydrogen-bond donors (Lipinski definition) is 2. The van der Waals surface area contributed by atoms with Gasteiger partial charge in [0.1, 0.15) is 0 Å². The summed E-state index contributed by atoms with van der Waals surface area (Å²) in [5.74, 6) is -0.838. The van der Waals surface area contributed by atoms with Crippen LogP contribution in [0.1, 0.15) is 28.8 Å². The Hall–Kier alpha value is -1.22. The van der Waals surface area contributed by atoms with E-state index in [1.165, 1.54) is 18.4 Å². The fraction of sp³-hybridized carbons (Fsp3) is 0.364. The third-order valence-electron chi connectivity index (χ3n) is 3.31. The van der Waals surface area contributed by atoms with E-state index >= 15 is 0 Å². The molecule has 0 bridgehead atoms. The molecular weight excluding hydrogens is 214 g/mol. The van der Waals surface area contributed by atoms with E-state index in [0.717, 1.165) is 12.2 Å². The third kappa shape index (κ3) is 1.38. The fourth-order valence-corrected chi connectivity index (χ4v) is 2.23. The summed E-state index contributed by atoms with van der Waals surface area (Å²) in [7, 11) is 0. The standard InChI is InChI=1S/C11H11NO2.ClH/c13-10(14)7-1-2-9-8(5-7)11(3-4-11)6-12-9;/h1-2,5,12H,3-4,6H2,(H,13,14);1H. The molecule has 1 aliphatic heterocycles. The molecule has 0 aromatic heterocycles. The van der Waals surface area contributed by atoms with Crippen LogP contribution in [0, 0.1) is 0 Å². The van der Waals surface area contributed by atoms with Gasteiger partial charge in [0.05, 0.1) is 5.56 Å². The molecule has 15 heavy (non-hydrogen) atoms. The highest BCUT2D eigenvalue weighted by atomic mass is 35.5. The lowest BCUT2D eigenvalue weighted by atomic mass is 9.97. The van der Waals surface area contributed by atoms with Crippen molar-refractivity contribution >= 4 is 24.1 Å². The summed E-state index contributed by atoms with van der Waals surface area (Å²) in [6.45, 7) is 0.978. The fourth-order valence-electron chi connectivity index (χ4n) is 2.23. The lowest BCUT2D eigenvalue weighted by Gasteiger charge is -2.06. The van der Waals surface area contributed by atoms with Crippen molar-refractivity contribution in [3.8, 4) is 0 Å². The van der Waals surface area contributed by atoms with Crippen LogP contribution >= 0.6 is 12.4 Å². The molecule has 0 radical (unpaired) electrons. The second-order valence-corrected chi connectivity index (χ2v) is 4.20. The molecule has 1 spiro atoms. The van der Waals surface area contributed by atoms with Gasteiger partial charge in [0.25, 0.3) is 0 Å². The topological polar surface area (TPSA) is 49.3 Å². The summed E-state index contributed by atoms with van der Waals surface area (Å²) in [5, 5.41) is 12.2. The second-order valence-electron chi connectivity index (χ2n) is 4.20. The van der Waals surface area contributed by atoms with E-state index in [1.54, 1.807) is 6.07 Å². The molecule has 1 fully saturated rings. The normalized spacial score (nSPS) is 18.9. The molecule has 3 rings (SSSR count). The molecule has 0 saturated heterocycles. The highest BCUT2D eigenvalue weighted by molar-refractivity contribution is 5.89. The summed E-state index contributed by atoms with van der Waals surface area (Å²) in [5.41, 5.74) is 3.00. The number of halogens is 1. The van der Waals surface area contributed by atoms with Gasteiger partial charge < -0.3 is 10.4 Å². The zero-order chi connectivity index (χ0) is 9.76. The van der Waals surface area contributed by atoms with Crippen LogP contribution in [0.3, 0.4) is 0 Å². The monoisotopic (exact) mass is 225 g/mol. The number of benzene rings is 1. The van der Waals surface area contributed by atoms with Crippen molar-refractivity contribution in [2.75, 3.05) is 11.9 Å². The molecular formula is C11H12ClNO2. The summed E-state index contributed by atoms with van der Waals surface area (Å²) in [6, 6.07) is 5.37. The highest BCUT2D eigenvalue weighted by Gasteiger charge is 2.48. The van der Waals surface area contributed by atoms with E-state index in [4.69, 9.17) is 5.11 Å². The maximum atomic E-state index is 10.8. The first-order chi connectivity index (χ1) is 6.71. The van der Waals surface area contributed by atoms with Gasteiger partial charge in [-0.25, -0.2) is 4.79 Å². The van der Waals surface area contributed by atoms with Crippen LogP contribution in [0.5, 0.6) is 0 Å². The zero-order valence-electron chi connectivity index (χ0n) is 8.12. The highest BCUT2D eigenvalue weighted by Crippen LogP contribution is 2.54. The van der Waals surface area contributed by atoms with Crippen LogP contribution < -0.4 is 5.32 Å². The SMILES string of the molecule is Cl.O=C(O)c1ccc2c(c1)C1(CC1)CN2. The number of nitrogens with one attached hydrogen (secondary N) is 1. The van der Waals surface area contributed by atoms with Crippen LogP contribution in [-0.4, -0.2) is 17.6 Å². The minimum absolute atomic E-state index is 0. The molecule has 0 unspecified atom stereocenters. The Balaban J connectivity index is 0.000000853. The van der Waals surface area contributed by atoms with Gasteiger partial charge >= 0.3 is 5.97 Å². The van der Waals surface area contributed by atoms with Crippen molar-refractivity contribution in [1.29, 1.82) is 0 Å². The molecule has 1 heterocycles. The Morgan fingerprint density at radius 2 is 2.13 bits per heavy atom. The molecule has 0 atom stereocenters. The van der Waals surface area contributed by atoms with E-state index in [0.29, 0.717) is 5.56 Å². The van der Waals surface area contributed by atoms with Gasteiger partial charge in [-0.2, -0.15) is 0 Å². The third-order valence-corrected chi connectivity index (χ3v) is 3.31. The van der Waals surface area contributed by atoms with Crippen molar-refractivity contribution in [3.63, 3.8) is 0 Å². The summed E-state index contributed by atoms with van der Waals surface area (Å²) in [6.07, 6.45) is 2.38. The quantitative estimate of drug-likeness (QED) is 0.771. The Bertz CT molecular complexity index is 427. The van der Waals surface area contributed by atoms with Gasteiger partial charge in [0.2, 0.25) is 0 Å². The van der Waals surface area contributed by atoms with Crippen LogP contribution in [0.25, 0.3) is 0 Å². The number of carboxylic acid groups (broad SMARTS) is 1. The van der Waals surface area contributed by atoms with E-state index in [2.05, 4.69) is 5.32 Å². The number of carboxylic acids is 1. The molecule has 1 aromatic rings. The predicted octanol–water partition coefficient (Wildman–Crippen LogP) is 2.26. The first-order valence-electron chi connectivity index (χ1n) is 4.83. The lowest BCUT2D eigenvalue weighted by Crippen LogP contribution is -2.08. The average Bonchev–Trinajstić information content (AvgIpc) is 2.85. The number of rotatable bonds is 1. The molecule has 0 amide bonds. The van der Waals surface area contributed by atoms with E-state index < -0.39 is 5.97 Å². The summed E-state index contributed by atoms with van der Waals surface area (Å²) < 4.78 is 0. The first-order valence-corrected chi connectivity index (χ1v) is 4.83. The lowest BCUT2D eigenvalue weighted by molar-refractivity contribution is 0.0697. The van der Waals surface area contributed by atoms with Gasteiger partial charge in [-0.1, -0.05) is 0 Å². The number of hydrogen-bond acceptors (Lipinski definition) is 2. The van der Waals surface area contributed by atoms with Gasteiger partial charge in [0, 0.05) is 17.6 Å². The Morgan fingerprint density at radius 3 is 2.73 bits per heavy atom. The molecule has 4 heteroatoms. The van der Waals surface area contributed by atoms with Crippen molar-refractivity contribution < 1.29 is 9.90 Å². The molecule has 80 valence electrons. The van der Waals surface area contributed by atoms with Crippen molar-refractivity contribution in [2.24, 2.45) is 0 Å². The maximum absolute atomic E-state index is 10.8. The molecule has 3 nitrogen and oxygen atoms in total. The second kappa shape index (κ2) is 3.14. The van der Waals surface area contributed by atoms with Crippen LogP contribution in [-0.2, 0) is 5.41 Å². The smallest absolute Gasteiger partial charge is 0.335 e. The number of fused-ring (bicyclic) bond motifs is 2. The van der Waals surface area contributed by atoms with E-state index in [-0.39, 0.29) is 17.8 Å². The molecule has 1 saturated carbocycles. The molecule has 2 N–H and O–H groups in total. The molecule has 1 aromatic carbocycles. The molecule has 2 aliphatic rings.